The second-order valence-corrected chi connectivity index (χ2v) is 5.83. The van der Waals surface area contributed by atoms with E-state index in [4.69, 9.17) is 4.74 Å². The van der Waals surface area contributed by atoms with E-state index in [9.17, 15) is 0 Å². The van der Waals surface area contributed by atoms with E-state index in [1.807, 2.05) is 0 Å². The van der Waals surface area contributed by atoms with E-state index in [2.05, 4.69) is 49.2 Å². The van der Waals surface area contributed by atoms with Crippen LogP contribution in [0.5, 0.6) is 0 Å². The molecule has 0 bridgehead atoms. The van der Waals surface area contributed by atoms with Gasteiger partial charge in [-0.3, -0.25) is 4.90 Å². The maximum absolute atomic E-state index is 5.37. The van der Waals surface area contributed by atoms with Crippen molar-refractivity contribution in [1.82, 2.24) is 10.2 Å². The third-order valence-corrected chi connectivity index (χ3v) is 4.24. The van der Waals surface area contributed by atoms with E-state index in [1.54, 1.807) is 0 Å². The highest BCUT2D eigenvalue weighted by Crippen LogP contribution is 2.16. The lowest BCUT2D eigenvalue weighted by Gasteiger charge is -2.26. The highest BCUT2D eigenvalue weighted by Gasteiger charge is 2.10. The van der Waals surface area contributed by atoms with E-state index in [0.29, 0.717) is 6.04 Å². The van der Waals surface area contributed by atoms with Crippen LogP contribution in [-0.4, -0.2) is 44.3 Å². The van der Waals surface area contributed by atoms with Gasteiger partial charge in [0.15, 0.2) is 0 Å². The summed E-state index contributed by atoms with van der Waals surface area (Å²) in [6.45, 7) is 12.8. The Labute approximate surface area is 123 Å². The zero-order chi connectivity index (χ0) is 14.4. The summed E-state index contributed by atoms with van der Waals surface area (Å²) in [6.07, 6.45) is 1.20. The van der Waals surface area contributed by atoms with Crippen LogP contribution >= 0.6 is 0 Å². The highest BCUT2D eigenvalue weighted by molar-refractivity contribution is 5.31. The predicted octanol–water partition coefficient (Wildman–Crippen LogP) is 2.68. The van der Waals surface area contributed by atoms with Gasteiger partial charge in [0.25, 0.3) is 0 Å². The van der Waals surface area contributed by atoms with Crippen molar-refractivity contribution in [3.05, 3.63) is 34.9 Å². The molecule has 1 atom stereocenters. The molecule has 1 N–H and O–H groups in total. The molecule has 20 heavy (non-hydrogen) atoms. The molecule has 1 aromatic carbocycles. The lowest BCUT2D eigenvalue weighted by Crippen LogP contribution is -2.37. The monoisotopic (exact) mass is 276 g/mol. The van der Waals surface area contributed by atoms with Crippen LogP contribution in [0, 0.1) is 13.8 Å². The molecule has 1 aromatic rings. The Hall–Kier alpha value is -0.900. The van der Waals surface area contributed by atoms with Crippen LogP contribution in [0.1, 0.15) is 36.1 Å². The minimum atomic E-state index is 0.430. The van der Waals surface area contributed by atoms with Gasteiger partial charge in [-0.25, -0.2) is 0 Å². The van der Waals surface area contributed by atoms with E-state index >= 15 is 0 Å². The Kier molecular flexibility index (Phi) is 6.02. The second-order valence-electron chi connectivity index (χ2n) is 5.83. The van der Waals surface area contributed by atoms with Crippen LogP contribution in [0.15, 0.2) is 18.2 Å². The van der Waals surface area contributed by atoms with E-state index < -0.39 is 0 Å². The van der Waals surface area contributed by atoms with Crippen molar-refractivity contribution in [3.63, 3.8) is 0 Å². The van der Waals surface area contributed by atoms with Crippen LogP contribution in [0.25, 0.3) is 0 Å². The van der Waals surface area contributed by atoms with Gasteiger partial charge in [0.05, 0.1) is 13.2 Å². The van der Waals surface area contributed by atoms with Crippen LogP contribution in [0.2, 0.25) is 0 Å². The van der Waals surface area contributed by atoms with Gasteiger partial charge < -0.3 is 10.1 Å². The topological polar surface area (TPSA) is 24.5 Å². The van der Waals surface area contributed by atoms with Gasteiger partial charge in [-0.1, -0.05) is 18.2 Å². The molecule has 0 amide bonds. The molecule has 0 saturated carbocycles. The molecular formula is C17H28N2O. The summed E-state index contributed by atoms with van der Waals surface area (Å²) >= 11 is 0. The second kappa shape index (κ2) is 7.77. The van der Waals surface area contributed by atoms with Crippen molar-refractivity contribution >= 4 is 0 Å². The van der Waals surface area contributed by atoms with Crippen LogP contribution in [-0.2, 0) is 4.74 Å². The number of nitrogens with zero attached hydrogens (tertiary/aromatic N) is 1. The Bertz CT molecular complexity index is 413. The lowest BCUT2D eigenvalue weighted by atomic mass is 10.0. The first-order valence-electron chi connectivity index (χ1n) is 7.77. The van der Waals surface area contributed by atoms with Crippen molar-refractivity contribution in [2.75, 3.05) is 39.4 Å². The van der Waals surface area contributed by atoms with Gasteiger partial charge in [-0.15, -0.1) is 0 Å². The number of hydrogen-bond donors (Lipinski definition) is 1. The Morgan fingerprint density at radius 2 is 1.95 bits per heavy atom. The van der Waals surface area contributed by atoms with Gasteiger partial charge in [-0.2, -0.15) is 0 Å². The largest absolute Gasteiger partial charge is 0.379 e. The summed E-state index contributed by atoms with van der Waals surface area (Å²) in [7, 11) is 0. The molecule has 2 rings (SSSR count). The summed E-state index contributed by atoms with van der Waals surface area (Å²) in [5.74, 6) is 0. The Balaban J connectivity index is 1.69. The number of rotatable bonds is 6. The molecule has 3 nitrogen and oxygen atoms in total. The van der Waals surface area contributed by atoms with Gasteiger partial charge in [0.2, 0.25) is 0 Å². The first kappa shape index (κ1) is 15.5. The fourth-order valence-corrected chi connectivity index (χ4v) is 2.60. The molecule has 1 aliphatic rings. The number of ether oxygens (including phenoxy) is 1. The summed E-state index contributed by atoms with van der Waals surface area (Å²) in [4.78, 5) is 2.49. The Morgan fingerprint density at radius 3 is 2.65 bits per heavy atom. The van der Waals surface area contributed by atoms with Gasteiger partial charge in [0.1, 0.15) is 0 Å². The fourth-order valence-electron chi connectivity index (χ4n) is 2.60. The van der Waals surface area contributed by atoms with E-state index in [0.717, 1.165) is 32.8 Å². The molecule has 0 aliphatic carbocycles. The van der Waals surface area contributed by atoms with Crippen molar-refractivity contribution in [2.24, 2.45) is 0 Å². The molecule has 1 fully saturated rings. The minimum absolute atomic E-state index is 0.430. The highest BCUT2D eigenvalue weighted by atomic mass is 16.5. The standard InChI is InChI=1S/C17H28N2O/c1-14-5-6-17(13-15(14)2)16(3)18-7-4-8-19-9-11-20-12-10-19/h5-6,13,16,18H,4,7-12H2,1-3H3. The maximum Gasteiger partial charge on any atom is 0.0594 e. The van der Waals surface area contributed by atoms with Crippen molar-refractivity contribution in [3.8, 4) is 0 Å². The molecule has 1 aliphatic heterocycles. The fraction of sp³-hybridized carbons (Fsp3) is 0.647. The smallest absolute Gasteiger partial charge is 0.0594 e. The first-order valence-corrected chi connectivity index (χ1v) is 7.77. The molecule has 112 valence electrons. The predicted molar refractivity (Wildman–Crippen MR) is 84.2 cm³/mol. The van der Waals surface area contributed by atoms with Gasteiger partial charge in [0, 0.05) is 19.1 Å². The quantitative estimate of drug-likeness (QED) is 0.809. The summed E-state index contributed by atoms with van der Waals surface area (Å²) in [5.41, 5.74) is 4.14. The molecule has 1 saturated heterocycles. The molecule has 1 unspecified atom stereocenters. The minimum Gasteiger partial charge on any atom is -0.379 e. The lowest BCUT2D eigenvalue weighted by molar-refractivity contribution is 0.0374. The van der Waals surface area contributed by atoms with E-state index in [1.165, 1.54) is 29.7 Å². The average Bonchev–Trinajstić information content (AvgIpc) is 2.47. The normalized spacial score (nSPS) is 18.1. The molecular weight excluding hydrogens is 248 g/mol. The zero-order valence-corrected chi connectivity index (χ0v) is 13.1. The third-order valence-electron chi connectivity index (χ3n) is 4.24. The SMILES string of the molecule is Cc1ccc(C(C)NCCCN2CCOCC2)cc1C. The van der Waals surface area contributed by atoms with Crippen LogP contribution in [0.3, 0.4) is 0 Å². The summed E-state index contributed by atoms with van der Waals surface area (Å²) in [5, 5.41) is 3.63. The van der Waals surface area contributed by atoms with Crippen molar-refractivity contribution in [2.45, 2.75) is 33.2 Å². The van der Waals surface area contributed by atoms with Crippen LogP contribution < -0.4 is 5.32 Å². The zero-order valence-electron chi connectivity index (χ0n) is 13.1. The molecule has 0 spiro atoms. The first-order chi connectivity index (χ1) is 9.66. The molecule has 3 heteroatoms. The molecule has 1 heterocycles. The van der Waals surface area contributed by atoms with E-state index in [-0.39, 0.29) is 0 Å². The summed E-state index contributed by atoms with van der Waals surface area (Å²) in [6, 6.07) is 7.19. The number of hydrogen-bond acceptors (Lipinski definition) is 3. The van der Waals surface area contributed by atoms with Gasteiger partial charge in [-0.05, 0) is 57.0 Å². The third kappa shape index (κ3) is 4.58. The Morgan fingerprint density at radius 1 is 1.20 bits per heavy atom. The molecule has 0 radical (unpaired) electrons. The number of benzene rings is 1. The van der Waals surface area contributed by atoms with Crippen LogP contribution in [0.4, 0.5) is 0 Å². The maximum atomic E-state index is 5.37. The van der Waals surface area contributed by atoms with Crippen molar-refractivity contribution < 1.29 is 4.74 Å². The van der Waals surface area contributed by atoms with Gasteiger partial charge >= 0.3 is 0 Å². The van der Waals surface area contributed by atoms with Crippen molar-refractivity contribution in [1.29, 1.82) is 0 Å². The number of morpholine rings is 1. The molecule has 0 aromatic heterocycles. The number of aryl methyl sites for hydroxylation is 2. The number of nitrogens with one attached hydrogen (secondary N) is 1. The average molecular weight is 276 g/mol. The summed E-state index contributed by atoms with van der Waals surface area (Å²) < 4.78 is 5.37.